The van der Waals surface area contributed by atoms with Gasteiger partial charge in [-0.05, 0) is 30.2 Å². The fourth-order valence-electron chi connectivity index (χ4n) is 2.55. The Morgan fingerprint density at radius 1 is 1.57 bits per heavy atom. The first-order valence-electron chi connectivity index (χ1n) is 6.96. The van der Waals surface area contributed by atoms with Crippen LogP contribution in [-0.2, 0) is 14.8 Å². The SMILES string of the molecule is CC1CCN(C(=O)CNS(=O)(=O)c2cccs2)C(CN)C1. The van der Waals surface area contributed by atoms with Crippen molar-refractivity contribution in [3.8, 4) is 0 Å². The molecule has 1 aliphatic rings. The van der Waals surface area contributed by atoms with E-state index in [1.807, 2.05) is 0 Å². The Morgan fingerprint density at radius 3 is 2.95 bits per heavy atom. The quantitative estimate of drug-likeness (QED) is 0.827. The first kappa shape index (κ1) is 16.4. The third kappa shape index (κ3) is 4.03. The molecule has 21 heavy (non-hydrogen) atoms. The number of rotatable bonds is 5. The number of carbonyl (C=O) groups is 1. The molecule has 2 atom stereocenters. The molecule has 0 aromatic carbocycles. The average molecular weight is 331 g/mol. The molecule has 0 spiro atoms. The van der Waals surface area contributed by atoms with Gasteiger partial charge in [0.15, 0.2) is 0 Å². The summed E-state index contributed by atoms with van der Waals surface area (Å²) in [5.41, 5.74) is 5.72. The Bertz CT molecular complexity index is 571. The van der Waals surface area contributed by atoms with Gasteiger partial charge in [-0.2, -0.15) is 0 Å². The summed E-state index contributed by atoms with van der Waals surface area (Å²) in [6.45, 7) is 2.98. The van der Waals surface area contributed by atoms with Crippen LogP contribution in [-0.4, -0.2) is 44.9 Å². The number of nitrogens with one attached hydrogen (secondary N) is 1. The highest BCUT2D eigenvalue weighted by molar-refractivity contribution is 7.91. The van der Waals surface area contributed by atoms with Crippen molar-refractivity contribution in [1.29, 1.82) is 0 Å². The van der Waals surface area contributed by atoms with E-state index < -0.39 is 10.0 Å². The van der Waals surface area contributed by atoms with E-state index in [2.05, 4.69) is 11.6 Å². The van der Waals surface area contributed by atoms with Crippen LogP contribution in [0, 0.1) is 5.92 Å². The van der Waals surface area contributed by atoms with Crippen LogP contribution < -0.4 is 10.5 Å². The number of thiophene rings is 1. The first-order chi connectivity index (χ1) is 9.94. The first-order valence-corrected chi connectivity index (χ1v) is 9.33. The lowest BCUT2D eigenvalue weighted by molar-refractivity contribution is -0.133. The summed E-state index contributed by atoms with van der Waals surface area (Å²) in [4.78, 5) is 13.9. The molecule has 0 radical (unpaired) electrons. The Kier molecular flexibility index (Phi) is 5.37. The molecular weight excluding hydrogens is 310 g/mol. The molecule has 8 heteroatoms. The number of likely N-dealkylation sites (tertiary alicyclic amines) is 1. The van der Waals surface area contributed by atoms with E-state index in [1.165, 1.54) is 6.07 Å². The maximum Gasteiger partial charge on any atom is 0.250 e. The minimum atomic E-state index is -3.60. The molecule has 6 nitrogen and oxygen atoms in total. The normalized spacial score (nSPS) is 23.2. The van der Waals surface area contributed by atoms with Crippen molar-refractivity contribution < 1.29 is 13.2 Å². The Balaban J connectivity index is 1.95. The fourth-order valence-corrected chi connectivity index (χ4v) is 4.56. The highest BCUT2D eigenvalue weighted by Crippen LogP contribution is 2.22. The second-order valence-electron chi connectivity index (χ2n) is 5.36. The summed E-state index contributed by atoms with van der Waals surface area (Å²) in [6.07, 6.45) is 1.81. The predicted octanol–water partition coefficient (Wildman–Crippen LogP) is 0.612. The number of piperidine rings is 1. The third-order valence-corrected chi connectivity index (χ3v) is 6.54. The number of hydrogen-bond donors (Lipinski definition) is 2. The van der Waals surface area contributed by atoms with Gasteiger partial charge >= 0.3 is 0 Å². The molecule has 2 rings (SSSR count). The van der Waals surface area contributed by atoms with Gasteiger partial charge in [0.2, 0.25) is 5.91 Å². The van der Waals surface area contributed by atoms with E-state index in [-0.39, 0.29) is 22.7 Å². The number of amides is 1. The van der Waals surface area contributed by atoms with E-state index in [0.717, 1.165) is 24.2 Å². The second kappa shape index (κ2) is 6.87. The highest BCUT2D eigenvalue weighted by Gasteiger charge is 2.29. The maximum atomic E-state index is 12.2. The standard InChI is InChI=1S/C13H21N3O3S2/c1-10-4-5-16(11(7-10)8-14)12(17)9-15-21(18,19)13-3-2-6-20-13/h2-3,6,10-11,15H,4-5,7-9,14H2,1H3. The van der Waals surface area contributed by atoms with E-state index in [9.17, 15) is 13.2 Å². The molecule has 1 saturated heterocycles. The smallest absolute Gasteiger partial charge is 0.250 e. The third-order valence-electron chi connectivity index (χ3n) is 3.74. The zero-order valence-corrected chi connectivity index (χ0v) is 13.6. The van der Waals surface area contributed by atoms with Crippen molar-refractivity contribution in [2.45, 2.75) is 30.0 Å². The molecule has 1 aromatic rings. The molecule has 1 amide bonds. The van der Waals surface area contributed by atoms with Crippen molar-refractivity contribution in [3.05, 3.63) is 17.5 Å². The molecule has 2 heterocycles. The second-order valence-corrected chi connectivity index (χ2v) is 8.30. The van der Waals surface area contributed by atoms with Crippen LogP contribution in [0.4, 0.5) is 0 Å². The Labute approximate surface area is 129 Å². The van der Waals surface area contributed by atoms with Gasteiger partial charge in [-0.15, -0.1) is 11.3 Å². The fraction of sp³-hybridized carbons (Fsp3) is 0.615. The molecule has 0 saturated carbocycles. The summed E-state index contributed by atoms with van der Waals surface area (Å²) >= 11 is 1.13. The molecule has 3 N–H and O–H groups in total. The van der Waals surface area contributed by atoms with Crippen LogP contribution in [0.3, 0.4) is 0 Å². The molecule has 0 aliphatic carbocycles. The molecule has 2 unspecified atom stereocenters. The van der Waals surface area contributed by atoms with Crippen LogP contribution in [0.2, 0.25) is 0 Å². The van der Waals surface area contributed by atoms with Crippen molar-refractivity contribution in [2.75, 3.05) is 19.6 Å². The minimum Gasteiger partial charge on any atom is -0.337 e. The number of nitrogens with zero attached hydrogens (tertiary/aromatic N) is 1. The number of nitrogens with two attached hydrogens (primary N) is 1. The minimum absolute atomic E-state index is 0.00694. The number of hydrogen-bond acceptors (Lipinski definition) is 5. The molecule has 118 valence electrons. The van der Waals surface area contributed by atoms with Gasteiger partial charge in [-0.3, -0.25) is 4.79 Å². The van der Waals surface area contributed by atoms with Crippen molar-refractivity contribution in [3.63, 3.8) is 0 Å². The van der Waals surface area contributed by atoms with Crippen LogP contribution in [0.25, 0.3) is 0 Å². The van der Waals surface area contributed by atoms with Gasteiger partial charge in [0, 0.05) is 19.1 Å². The topological polar surface area (TPSA) is 92.5 Å². The summed E-state index contributed by atoms with van der Waals surface area (Å²) in [6, 6.07) is 3.19. The van der Waals surface area contributed by atoms with Gasteiger partial charge in [-0.1, -0.05) is 13.0 Å². The van der Waals surface area contributed by atoms with Crippen LogP contribution in [0.5, 0.6) is 0 Å². The molecule has 1 aliphatic heterocycles. The van der Waals surface area contributed by atoms with Crippen molar-refractivity contribution in [1.82, 2.24) is 9.62 Å². The van der Waals surface area contributed by atoms with E-state index in [0.29, 0.717) is 19.0 Å². The molecular formula is C13H21N3O3S2. The zero-order valence-electron chi connectivity index (χ0n) is 12.0. The monoisotopic (exact) mass is 331 g/mol. The van der Waals surface area contributed by atoms with Crippen LogP contribution in [0.15, 0.2) is 21.7 Å². The largest absolute Gasteiger partial charge is 0.337 e. The van der Waals surface area contributed by atoms with Crippen LogP contribution in [0.1, 0.15) is 19.8 Å². The number of carbonyl (C=O) groups excluding carboxylic acids is 1. The van der Waals surface area contributed by atoms with Gasteiger partial charge < -0.3 is 10.6 Å². The van der Waals surface area contributed by atoms with Crippen molar-refractivity contribution >= 4 is 27.3 Å². The number of sulfonamides is 1. The van der Waals surface area contributed by atoms with E-state index in [4.69, 9.17) is 5.73 Å². The summed E-state index contributed by atoms with van der Waals surface area (Å²) < 4.78 is 26.6. The zero-order chi connectivity index (χ0) is 15.5. The van der Waals surface area contributed by atoms with E-state index in [1.54, 1.807) is 16.3 Å². The predicted molar refractivity (Wildman–Crippen MR) is 82.5 cm³/mol. The lowest BCUT2D eigenvalue weighted by atomic mass is 9.92. The lowest BCUT2D eigenvalue weighted by Gasteiger charge is -2.38. The van der Waals surface area contributed by atoms with Crippen LogP contribution >= 0.6 is 11.3 Å². The van der Waals surface area contributed by atoms with Gasteiger partial charge in [0.25, 0.3) is 10.0 Å². The van der Waals surface area contributed by atoms with E-state index >= 15 is 0 Å². The Morgan fingerprint density at radius 2 is 2.33 bits per heavy atom. The van der Waals surface area contributed by atoms with Crippen molar-refractivity contribution in [2.24, 2.45) is 11.7 Å². The Hall–Kier alpha value is -0.960. The molecule has 1 aromatic heterocycles. The summed E-state index contributed by atoms with van der Waals surface area (Å²) in [5, 5.41) is 1.69. The summed E-state index contributed by atoms with van der Waals surface area (Å²) in [7, 11) is -3.60. The van der Waals surface area contributed by atoms with Gasteiger partial charge in [0.1, 0.15) is 4.21 Å². The molecule has 0 bridgehead atoms. The highest BCUT2D eigenvalue weighted by atomic mass is 32.2. The molecule has 1 fully saturated rings. The average Bonchev–Trinajstić information content (AvgIpc) is 2.99. The summed E-state index contributed by atoms with van der Waals surface area (Å²) in [5.74, 6) is 0.336. The van der Waals surface area contributed by atoms with Gasteiger partial charge in [-0.25, -0.2) is 13.1 Å². The lowest BCUT2D eigenvalue weighted by Crippen LogP contribution is -2.52. The maximum absolute atomic E-state index is 12.2. The van der Waals surface area contributed by atoms with Gasteiger partial charge in [0.05, 0.1) is 6.54 Å².